The molecule has 0 aromatic heterocycles. The van der Waals surface area contributed by atoms with Crippen molar-refractivity contribution in [2.75, 3.05) is 9.80 Å². The van der Waals surface area contributed by atoms with E-state index in [-0.39, 0.29) is 0 Å². The molecule has 2 radical (unpaired) electrons. The Kier molecular flexibility index (Phi) is 6.47. The summed E-state index contributed by atoms with van der Waals surface area (Å²) in [4.78, 5) is 4.74. The summed E-state index contributed by atoms with van der Waals surface area (Å²) in [5.74, 6) is 0. The Labute approximate surface area is 255 Å². The maximum Gasteiger partial charge on any atom is 0.0540 e. The summed E-state index contributed by atoms with van der Waals surface area (Å²) in [5, 5.41) is 7.56. The van der Waals surface area contributed by atoms with Crippen LogP contribution >= 0.6 is 0 Å². The van der Waals surface area contributed by atoms with Crippen LogP contribution in [0.25, 0.3) is 32.3 Å². The maximum absolute atomic E-state index is 5.25. The number of hydrogen-bond acceptors (Lipinski definition) is 2. The fourth-order valence-corrected chi connectivity index (χ4v) is 6.32. The summed E-state index contributed by atoms with van der Waals surface area (Å²) in [6.07, 6.45) is 0. The Hall–Kier alpha value is -5.54. The highest BCUT2D eigenvalue weighted by Crippen LogP contribution is 2.47. The van der Waals surface area contributed by atoms with Gasteiger partial charge in [-0.15, -0.1) is 0 Å². The van der Waals surface area contributed by atoms with Crippen molar-refractivity contribution in [2.24, 2.45) is 0 Å². The SMILES string of the molecule is [2H][B].c1ccc(N(c2ccccc2)c2ccc3ccc4c(N(c5ccccc5)c5ccccc5)ccc5ccc2c3c54)cc1. The minimum absolute atomic E-state index is 1.14. The van der Waals surface area contributed by atoms with Gasteiger partial charge in [-0.05, 0) is 83.5 Å². The highest BCUT2D eigenvalue weighted by atomic mass is 15.1. The van der Waals surface area contributed by atoms with E-state index >= 15 is 0 Å². The van der Waals surface area contributed by atoms with Crippen LogP contribution in [-0.4, -0.2) is 9.71 Å². The summed E-state index contributed by atoms with van der Waals surface area (Å²) in [7, 11) is 3.75. The molecule has 0 heterocycles. The van der Waals surface area contributed by atoms with E-state index in [9.17, 15) is 0 Å². The average molecular weight is 550 g/mol. The fraction of sp³-hybridized carbons (Fsp3) is 0. The molecule has 0 N–H and O–H groups in total. The largest absolute Gasteiger partial charge is 0.310 e. The third-order valence-corrected chi connectivity index (χ3v) is 8.16. The van der Waals surface area contributed by atoms with Gasteiger partial charge in [-0.25, -0.2) is 0 Å². The second-order valence-corrected chi connectivity index (χ2v) is 10.6. The van der Waals surface area contributed by atoms with Crippen molar-refractivity contribution < 1.29 is 0 Å². The van der Waals surface area contributed by atoms with Crippen molar-refractivity contribution in [1.82, 2.24) is 0 Å². The second-order valence-electron chi connectivity index (χ2n) is 10.6. The molecule has 0 spiro atoms. The summed E-state index contributed by atoms with van der Waals surface area (Å²) in [5.41, 5.74) is 6.89. The van der Waals surface area contributed by atoms with E-state index < -0.39 is 0 Å². The van der Waals surface area contributed by atoms with Gasteiger partial charge in [0.25, 0.3) is 0 Å². The molecule has 2 nitrogen and oxygen atoms in total. The molecule has 0 bridgehead atoms. The van der Waals surface area contributed by atoms with Gasteiger partial charge in [-0.2, -0.15) is 0 Å². The van der Waals surface area contributed by atoms with Gasteiger partial charge in [0.15, 0.2) is 0 Å². The first-order chi connectivity index (χ1) is 21.9. The lowest BCUT2D eigenvalue weighted by Crippen LogP contribution is -2.11. The van der Waals surface area contributed by atoms with E-state index in [1.165, 1.54) is 43.7 Å². The highest BCUT2D eigenvalue weighted by Gasteiger charge is 2.21. The molecule has 0 aliphatic carbocycles. The van der Waals surface area contributed by atoms with Crippen LogP contribution in [0, 0.1) is 0 Å². The van der Waals surface area contributed by atoms with Gasteiger partial charge in [0.1, 0.15) is 0 Å². The number of rotatable bonds is 6. The van der Waals surface area contributed by atoms with Crippen molar-refractivity contribution in [3.63, 3.8) is 0 Å². The van der Waals surface area contributed by atoms with E-state index in [1.54, 1.807) is 0 Å². The second kappa shape index (κ2) is 11.0. The summed E-state index contributed by atoms with van der Waals surface area (Å²) >= 11 is 0. The lowest BCUT2D eigenvalue weighted by Gasteiger charge is -2.29. The molecule has 0 aliphatic heterocycles. The lowest BCUT2D eigenvalue weighted by atomic mass is 9.91. The van der Waals surface area contributed by atoms with Crippen molar-refractivity contribution in [3.05, 3.63) is 170 Å². The minimum atomic E-state index is 1.14. The molecule has 43 heavy (non-hydrogen) atoms. The Morgan fingerprint density at radius 2 is 0.605 bits per heavy atom. The van der Waals surface area contributed by atoms with Crippen LogP contribution in [0.1, 0.15) is 0 Å². The van der Waals surface area contributed by atoms with Crippen molar-refractivity contribution in [1.29, 1.82) is 1.34 Å². The van der Waals surface area contributed by atoms with Gasteiger partial charge in [0, 0.05) is 41.9 Å². The van der Waals surface area contributed by atoms with Crippen molar-refractivity contribution in [3.8, 4) is 0 Å². The van der Waals surface area contributed by atoms with Crippen LogP contribution in [0.2, 0.25) is 0 Å². The zero-order chi connectivity index (χ0) is 29.9. The fourth-order valence-electron chi connectivity index (χ4n) is 6.32. The van der Waals surface area contributed by atoms with Gasteiger partial charge in [-0.3, -0.25) is 0 Å². The quantitative estimate of drug-likeness (QED) is 0.150. The van der Waals surface area contributed by atoms with Gasteiger partial charge >= 0.3 is 0 Å². The van der Waals surface area contributed by atoms with Crippen molar-refractivity contribution >= 4 is 74.8 Å². The zero-order valence-corrected chi connectivity index (χ0v) is 23.6. The molecule has 0 unspecified atom stereocenters. The minimum Gasteiger partial charge on any atom is -0.310 e. The third kappa shape index (κ3) is 4.47. The van der Waals surface area contributed by atoms with Crippen LogP contribution in [0.4, 0.5) is 34.1 Å². The first kappa shape index (κ1) is 25.2. The topological polar surface area (TPSA) is 6.48 Å². The van der Waals surface area contributed by atoms with E-state index in [4.69, 9.17) is 1.34 Å². The van der Waals surface area contributed by atoms with Gasteiger partial charge < -0.3 is 9.80 Å². The smallest absolute Gasteiger partial charge is 0.0540 e. The predicted molar refractivity (Wildman–Crippen MR) is 187 cm³/mol. The number of anilines is 6. The molecule has 0 atom stereocenters. The average Bonchev–Trinajstić information content (AvgIpc) is 3.11. The number of nitrogens with zero attached hydrogens (tertiary/aromatic N) is 2. The number of benzene rings is 8. The Morgan fingerprint density at radius 1 is 0.326 bits per heavy atom. The number of hydrogen-bond donors (Lipinski definition) is 0. The van der Waals surface area contributed by atoms with Crippen molar-refractivity contribution in [2.45, 2.75) is 0 Å². The molecule has 0 amide bonds. The van der Waals surface area contributed by atoms with Crippen LogP contribution in [0.15, 0.2) is 170 Å². The van der Waals surface area contributed by atoms with E-state index in [0.717, 1.165) is 22.7 Å². The standard InChI is InChI=1S/C40H28N2.BH/c1-5-13-31(14-6-1)41(32-15-7-2-8-16-32)37-27-23-29-22-26-36-38(28-24-30-21-25-35(37)39(29)40(30)36)42(33-17-9-3-10-18-33)34-19-11-4-12-20-34;/h1-28H;1H/i;1D. The van der Waals surface area contributed by atoms with Gasteiger partial charge in [0.05, 0.1) is 11.4 Å². The van der Waals surface area contributed by atoms with Crippen LogP contribution in [0.5, 0.6) is 0 Å². The first-order valence-corrected chi connectivity index (χ1v) is 14.4. The van der Waals surface area contributed by atoms with Crippen LogP contribution in [0.3, 0.4) is 0 Å². The van der Waals surface area contributed by atoms with Gasteiger partial charge in [0.2, 0.25) is 0 Å². The molecule has 8 aromatic carbocycles. The molecule has 0 saturated carbocycles. The summed E-state index contributed by atoms with van der Waals surface area (Å²) in [6, 6.07) is 60.8. The lowest BCUT2D eigenvalue weighted by molar-refractivity contribution is 1.30. The summed E-state index contributed by atoms with van der Waals surface area (Å²) in [6.45, 7) is 0. The molecule has 8 rings (SSSR count). The first-order valence-electron chi connectivity index (χ1n) is 15.0. The highest BCUT2D eigenvalue weighted by molar-refractivity contribution is 6.28. The molecule has 0 saturated heterocycles. The molecular formula is C40H29BN2. The summed E-state index contributed by atoms with van der Waals surface area (Å²) < 4.78 is 5.25. The predicted octanol–water partition coefficient (Wildman–Crippen LogP) is 10.9. The van der Waals surface area contributed by atoms with E-state index in [2.05, 4.69) is 188 Å². The maximum atomic E-state index is 5.25. The monoisotopic (exact) mass is 549 g/mol. The molecular weight excluding hydrogens is 519 g/mol. The van der Waals surface area contributed by atoms with Crippen LogP contribution in [-0.2, 0) is 0 Å². The normalized spacial score (nSPS) is 11.2. The molecule has 202 valence electrons. The van der Waals surface area contributed by atoms with Gasteiger partial charge in [-0.1, -0.05) is 109 Å². The van der Waals surface area contributed by atoms with E-state index in [1.807, 2.05) is 0 Å². The Bertz CT molecular complexity index is 1900. The molecule has 0 aliphatic rings. The Balaban J connectivity index is 0.00000153. The molecule has 3 heteroatoms. The third-order valence-electron chi connectivity index (χ3n) is 8.16. The van der Waals surface area contributed by atoms with Crippen LogP contribution < -0.4 is 9.80 Å². The molecule has 8 aromatic rings. The Morgan fingerprint density at radius 3 is 0.907 bits per heavy atom. The molecule has 0 fully saturated rings. The van der Waals surface area contributed by atoms with E-state index in [0.29, 0.717) is 0 Å². The zero-order valence-electron chi connectivity index (χ0n) is 24.6. The number of para-hydroxylation sites is 4.